The molecule has 2 aliphatic rings. The first kappa shape index (κ1) is 17.3. The van der Waals surface area contributed by atoms with Crippen LogP contribution in [0.4, 0.5) is 0 Å². The van der Waals surface area contributed by atoms with Gasteiger partial charge in [0, 0.05) is 14.6 Å². The van der Waals surface area contributed by atoms with Crippen LogP contribution in [0, 0.1) is 52.2 Å². The highest BCUT2D eigenvalue weighted by Crippen LogP contribution is 2.58. The SMILES string of the molecule is Cc1cc2c(s1)C(=C(C#N)C#N)CC1c3ccsc3C(=C(C#N)C#N)CC21. The number of rotatable bonds is 0. The van der Waals surface area contributed by atoms with E-state index in [1.54, 1.807) is 22.7 Å². The molecule has 0 saturated heterocycles. The molecule has 0 spiro atoms. The van der Waals surface area contributed by atoms with Crippen molar-refractivity contribution < 1.29 is 0 Å². The van der Waals surface area contributed by atoms with E-state index in [0.717, 1.165) is 36.9 Å². The number of aryl methyl sites for hydroxylation is 1. The highest BCUT2D eigenvalue weighted by atomic mass is 32.1. The Balaban J connectivity index is 1.99. The first-order valence-electron chi connectivity index (χ1n) is 8.38. The number of thiophene rings is 2. The molecular weight excluding hydrogens is 372 g/mol. The van der Waals surface area contributed by atoms with Crippen molar-refractivity contribution in [2.24, 2.45) is 0 Å². The lowest BCUT2D eigenvalue weighted by Crippen LogP contribution is -2.22. The highest BCUT2D eigenvalue weighted by Gasteiger charge is 2.41. The normalized spacial score (nSPS) is 19.4. The quantitative estimate of drug-likeness (QED) is 0.569. The van der Waals surface area contributed by atoms with Gasteiger partial charge in [0.15, 0.2) is 0 Å². The van der Waals surface area contributed by atoms with Gasteiger partial charge in [-0.2, -0.15) is 21.0 Å². The summed E-state index contributed by atoms with van der Waals surface area (Å²) in [6, 6.07) is 12.4. The number of hydrogen-bond acceptors (Lipinski definition) is 6. The van der Waals surface area contributed by atoms with Crippen LogP contribution in [0.15, 0.2) is 28.7 Å². The number of nitrogens with zero attached hydrogens (tertiary/aromatic N) is 4. The lowest BCUT2D eigenvalue weighted by Gasteiger charge is -2.38. The van der Waals surface area contributed by atoms with Crippen molar-refractivity contribution in [2.75, 3.05) is 0 Å². The lowest BCUT2D eigenvalue weighted by atomic mass is 9.66. The molecule has 27 heavy (non-hydrogen) atoms. The van der Waals surface area contributed by atoms with Crippen LogP contribution in [0.2, 0.25) is 0 Å². The van der Waals surface area contributed by atoms with Crippen LogP contribution < -0.4 is 0 Å². The summed E-state index contributed by atoms with van der Waals surface area (Å²) in [5.41, 5.74) is 4.29. The molecule has 0 aromatic carbocycles. The summed E-state index contributed by atoms with van der Waals surface area (Å²) in [7, 11) is 0. The summed E-state index contributed by atoms with van der Waals surface area (Å²) in [6.45, 7) is 2.03. The summed E-state index contributed by atoms with van der Waals surface area (Å²) in [6.07, 6.45) is 1.28. The smallest absolute Gasteiger partial charge is 0.134 e. The lowest BCUT2D eigenvalue weighted by molar-refractivity contribution is 0.531. The summed E-state index contributed by atoms with van der Waals surface area (Å²) in [5.74, 6) is 0.308. The van der Waals surface area contributed by atoms with Gasteiger partial charge in [-0.1, -0.05) is 0 Å². The van der Waals surface area contributed by atoms with Gasteiger partial charge in [0.2, 0.25) is 0 Å². The average molecular weight is 384 g/mol. The third-order valence-electron chi connectivity index (χ3n) is 5.31. The van der Waals surface area contributed by atoms with Crippen LogP contribution in [0.1, 0.15) is 50.4 Å². The van der Waals surface area contributed by atoms with E-state index in [1.807, 2.05) is 12.3 Å². The molecule has 0 bridgehead atoms. The second-order valence-electron chi connectivity index (χ2n) is 6.62. The third kappa shape index (κ3) is 2.51. The zero-order valence-electron chi connectivity index (χ0n) is 14.4. The van der Waals surface area contributed by atoms with Gasteiger partial charge in [0.05, 0.1) is 0 Å². The van der Waals surface area contributed by atoms with Crippen molar-refractivity contribution in [1.82, 2.24) is 0 Å². The van der Waals surface area contributed by atoms with E-state index in [2.05, 4.69) is 36.4 Å². The third-order valence-corrected chi connectivity index (χ3v) is 7.43. The molecule has 0 radical (unpaired) electrons. The van der Waals surface area contributed by atoms with Crippen LogP contribution in [-0.2, 0) is 0 Å². The van der Waals surface area contributed by atoms with Crippen LogP contribution in [0.25, 0.3) is 11.1 Å². The summed E-state index contributed by atoms with van der Waals surface area (Å²) in [5, 5.41) is 39.7. The molecule has 128 valence electrons. The van der Waals surface area contributed by atoms with E-state index >= 15 is 0 Å². The average Bonchev–Trinajstić information content (AvgIpc) is 3.30. The minimum atomic E-state index is 0.154. The Morgan fingerprint density at radius 2 is 1.44 bits per heavy atom. The van der Waals surface area contributed by atoms with Crippen molar-refractivity contribution >= 4 is 33.8 Å². The minimum Gasteiger partial charge on any atom is -0.192 e. The predicted molar refractivity (Wildman–Crippen MR) is 104 cm³/mol. The van der Waals surface area contributed by atoms with Gasteiger partial charge < -0.3 is 0 Å². The maximum absolute atomic E-state index is 9.44. The van der Waals surface area contributed by atoms with Gasteiger partial charge in [-0.05, 0) is 71.4 Å². The molecule has 4 nitrogen and oxygen atoms in total. The summed E-state index contributed by atoms with van der Waals surface area (Å²) < 4.78 is 0. The first-order chi connectivity index (χ1) is 13.1. The first-order valence-corrected chi connectivity index (χ1v) is 10.1. The van der Waals surface area contributed by atoms with Gasteiger partial charge in [0.1, 0.15) is 35.4 Å². The van der Waals surface area contributed by atoms with Crippen molar-refractivity contribution in [2.45, 2.75) is 31.6 Å². The minimum absolute atomic E-state index is 0.154. The van der Waals surface area contributed by atoms with E-state index in [9.17, 15) is 21.0 Å². The number of fused-ring (bicyclic) bond motifs is 5. The second-order valence-corrected chi connectivity index (χ2v) is 8.79. The topological polar surface area (TPSA) is 95.2 Å². The molecule has 2 aromatic heterocycles. The molecule has 4 rings (SSSR count). The standard InChI is InChI=1S/C21H12N4S2/c1-11-4-19-18-5-15(12(7-22)8-23)20-14(2-3-26-20)17(18)6-16(21(19)27-11)13(9-24)10-25/h2-4,17-18H,5-6H2,1H3. The predicted octanol–water partition coefficient (Wildman–Crippen LogP) is 5.39. The molecular formula is C21H12N4S2. The van der Waals surface area contributed by atoms with Crippen molar-refractivity contribution in [1.29, 1.82) is 21.0 Å². The second kappa shape index (κ2) is 6.53. The van der Waals surface area contributed by atoms with Crippen LogP contribution in [0.5, 0.6) is 0 Å². The van der Waals surface area contributed by atoms with Gasteiger partial charge in [0.25, 0.3) is 0 Å². The Kier molecular flexibility index (Phi) is 4.18. The largest absolute Gasteiger partial charge is 0.192 e. The maximum Gasteiger partial charge on any atom is 0.134 e. The van der Waals surface area contributed by atoms with Gasteiger partial charge in [-0.25, -0.2) is 0 Å². The van der Waals surface area contributed by atoms with E-state index < -0.39 is 0 Å². The zero-order chi connectivity index (χ0) is 19.1. The number of hydrogen-bond donors (Lipinski definition) is 0. The van der Waals surface area contributed by atoms with Crippen LogP contribution >= 0.6 is 22.7 Å². The Labute approximate surface area is 165 Å². The van der Waals surface area contributed by atoms with Crippen LogP contribution in [0.3, 0.4) is 0 Å². The Bertz CT molecular complexity index is 1160. The number of allylic oxidation sites excluding steroid dienone is 4. The molecule has 2 aromatic rings. The van der Waals surface area contributed by atoms with Crippen LogP contribution in [-0.4, -0.2) is 0 Å². The van der Waals surface area contributed by atoms with Crippen molar-refractivity contribution in [3.05, 3.63) is 54.4 Å². The van der Waals surface area contributed by atoms with Crippen molar-refractivity contribution in [3.63, 3.8) is 0 Å². The van der Waals surface area contributed by atoms with Crippen molar-refractivity contribution in [3.8, 4) is 24.3 Å². The fourth-order valence-corrected chi connectivity index (χ4v) is 6.39. The fourth-order valence-electron chi connectivity index (χ4n) is 4.22. The van der Waals surface area contributed by atoms with E-state index in [1.165, 1.54) is 0 Å². The molecule has 0 N–H and O–H groups in total. The van der Waals surface area contributed by atoms with E-state index in [4.69, 9.17) is 0 Å². The fraction of sp³-hybridized carbons (Fsp3) is 0.238. The van der Waals surface area contributed by atoms with Gasteiger partial charge >= 0.3 is 0 Å². The van der Waals surface area contributed by atoms with Gasteiger partial charge in [-0.15, -0.1) is 22.7 Å². The summed E-state index contributed by atoms with van der Waals surface area (Å²) >= 11 is 3.17. The molecule has 6 heteroatoms. The van der Waals surface area contributed by atoms with E-state index in [0.29, 0.717) is 12.8 Å². The Hall–Kier alpha value is -3.16. The molecule has 2 atom stereocenters. The summed E-state index contributed by atoms with van der Waals surface area (Å²) in [4.78, 5) is 3.15. The Morgan fingerprint density at radius 3 is 2.04 bits per heavy atom. The monoisotopic (exact) mass is 384 g/mol. The number of nitriles is 4. The highest BCUT2D eigenvalue weighted by molar-refractivity contribution is 7.13. The molecule has 0 saturated carbocycles. The molecule has 2 heterocycles. The molecule has 2 unspecified atom stereocenters. The molecule has 2 aliphatic carbocycles. The molecule has 0 fully saturated rings. The Morgan fingerprint density at radius 1 is 0.889 bits per heavy atom. The molecule has 0 aliphatic heterocycles. The van der Waals surface area contributed by atoms with Gasteiger partial charge in [-0.3, -0.25) is 0 Å². The van der Waals surface area contributed by atoms with E-state index in [-0.39, 0.29) is 23.0 Å². The maximum atomic E-state index is 9.44. The molecule has 0 amide bonds. The zero-order valence-corrected chi connectivity index (χ0v) is 16.0.